The number of rotatable bonds is 5. The predicted molar refractivity (Wildman–Crippen MR) is 73.7 cm³/mol. The second-order valence-electron chi connectivity index (χ2n) is 4.42. The summed E-state index contributed by atoms with van der Waals surface area (Å²) in [6.07, 6.45) is 0.627. The predicted octanol–water partition coefficient (Wildman–Crippen LogP) is 2.62. The van der Waals surface area contributed by atoms with Gasteiger partial charge in [0.1, 0.15) is 5.75 Å². The van der Waals surface area contributed by atoms with Crippen molar-refractivity contribution in [1.82, 2.24) is 0 Å². The van der Waals surface area contributed by atoms with Crippen molar-refractivity contribution in [2.45, 2.75) is 19.4 Å². The van der Waals surface area contributed by atoms with Crippen LogP contribution in [0.15, 0.2) is 36.4 Å². The van der Waals surface area contributed by atoms with Crippen LogP contribution < -0.4 is 10.5 Å². The Morgan fingerprint density at radius 3 is 2.72 bits per heavy atom. The van der Waals surface area contributed by atoms with Crippen LogP contribution in [0.5, 0.6) is 5.75 Å². The quantitative estimate of drug-likeness (QED) is 0.796. The summed E-state index contributed by atoms with van der Waals surface area (Å²) in [5, 5.41) is 11.0. The van der Waals surface area contributed by atoms with E-state index in [2.05, 4.69) is 12.1 Å². The zero-order valence-electron chi connectivity index (χ0n) is 10.6. The summed E-state index contributed by atoms with van der Waals surface area (Å²) >= 11 is 0. The van der Waals surface area contributed by atoms with Crippen molar-refractivity contribution in [1.29, 1.82) is 0 Å². The molecule has 2 aromatic rings. The second-order valence-corrected chi connectivity index (χ2v) is 4.42. The molecule has 0 amide bonds. The molecule has 0 fully saturated rings. The summed E-state index contributed by atoms with van der Waals surface area (Å²) in [6, 6.07) is 12.1. The van der Waals surface area contributed by atoms with Crippen LogP contribution in [0.4, 0.5) is 0 Å². The van der Waals surface area contributed by atoms with Crippen LogP contribution >= 0.6 is 0 Å². The van der Waals surface area contributed by atoms with Gasteiger partial charge in [-0.25, -0.2) is 0 Å². The van der Waals surface area contributed by atoms with Gasteiger partial charge in [-0.2, -0.15) is 0 Å². The molecule has 0 aliphatic carbocycles. The number of aliphatic hydroxyl groups excluding tert-OH is 1. The number of benzene rings is 2. The number of fused-ring (bicyclic) bond motifs is 1. The molecule has 0 spiro atoms. The number of ether oxygens (including phenoxy) is 1. The lowest BCUT2D eigenvalue weighted by molar-refractivity contribution is 0.233. The van der Waals surface area contributed by atoms with Gasteiger partial charge in [-0.1, -0.05) is 36.4 Å². The van der Waals surface area contributed by atoms with Crippen molar-refractivity contribution in [3.63, 3.8) is 0 Å². The lowest BCUT2D eigenvalue weighted by atomic mass is 10.0. The van der Waals surface area contributed by atoms with E-state index < -0.39 is 0 Å². The minimum absolute atomic E-state index is 0.0706. The third kappa shape index (κ3) is 2.63. The summed E-state index contributed by atoms with van der Waals surface area (Å²) in [6.45, 7) is 2.59. The van der Waals surface area contributed by atoms with Crippen LogP contribution in [0, 0.1) is 0 Å². The first-order valence-electron chi connectivity index (χ1n) is 6.25. The van der Waals surface area contributed by atoms with Gasteiger partial charge in [-0.3, -0.25) is 0 Å². The minimum atomic E-state index is -0.0706. The van der Waals surface area contributed by atoms with Gasteiger partial charge in [0.15, 0.2) is 0 Å². The van der Waals surface area contributed by atoms with Crippen molar-refractivity contribution in [3.8, 4) is 5.75 Å². The van der Waals surface area contributed by atoms with E-state index in [0.29, 0.717) is 13.0 Å². The Hall–Kier alpha value is -1.58. The third-order valence-corrected chi connectivity index (χ3v) is 2.95. The molecule has 96 valence electrons. The molecule has 0 radical (unpaired) electrons. The van der Waals surface area contributed by atoms with Gasteiger partial charge in [0.25, 0.3) is 0 Å². The lowest BCUT2D eigenvalue weighted by Crippen LogP contribution is -2.09. The van der Waals surface area contributed by atoms with Gasteiger partial charge >= 0.3 is 0 Å². The summed E-state index contributed by atoms with van der Waals surface area (Å²) in [5.41, 5.74) is 6.99. The second kappa shape index (κ2) is 5.85. The topological polar surface area (TPSA) is 55.5 Å². The van der Waals surface area contributed by atoms with Gasteiger partial charge in [0.2, 0.25) is 0 Å². The normalized spacial score (nSPS) is 12.6. The fourth-order valence-electron chi connectivity index (χ4n) is 2.02. The molecule has 0 aromatic heterocycles. The van der Waals surface area contributed by atoms with Crippen molar-refractivity contribution in [2.24, 2.45) is 5.73 Å². The van der Waals surface area contributed by atoms with Crippen LogP contribution in [-0.4, -0.2) is 18.3 Å². The number of hydrogen-bond acceptors (Lipinski definition) is 3. The maximum atomic E-state index is 8.83. The van der Waals surface area contributed by atoms with Crippen LogP contribution in [0.25, 0.3) is 10.8 Å². The van der Waals surface area contributed by atoms with Gasteiger partial charge in [0.05, 0.1) is 6.61 Å². The maximum absolute atomic E-state index is 8.83. The van der Waals surface area contributed by atoms with Crippen molar-refractivity contribution < 1.29 is 9.84 Å². The largest absolute Gasteiger partial charge is 0.493 e. The molecule has 3 heteroatoms. The zero-order valence-corrected chi connectivity index (χ0v) is 10.6. The van der Waals surface area contributed by atoms with E-state index in [4.69, 9.17) is 15.6 Å². The standard InChI is InChI=1S/C15H19NO2/c1-11(16)13-8-7-12-5-2-3-6-14(12)15(13)18-10-4-9-17/h2-3,5-8,11,17H,4,9-10,16H2,1H3/t11-/m0/s1. The molecule has 0 heterocycles. The Morgan fingerprint density at radius 1 is 1.22 bits per heavy atom. The van der Waals surface area contributed by atoms with Crippen molar-refractivity contribution in [3.05, 3.63) is 42.0 Å². The zero-order chi connectivity index (χ0) is 13.0. The Balaban J connectivity index is 2.45. The molecule has 0 aliphatic rings. The van der Waals surface area contributed by atoms with Crippen molar-refractivity contribution in [2.75, 3.05) is 13.2 Å². The fraction of sp³-hybridized carbons (Fsp3) is 0.333. The number of aliphatic hydroxyl groups is 1. The minimum Gasteiger partial charge on any atom is -0.493 e. The molecular weight excluding hydrogens is 226 g/mol. The highest BCUT2D eigenvalue weighted by molar-refractivity contribution is 5.89. The highest BCUT2D eigenvalue weighted by Crippen LogP contribution is 2.32. The monoisotopic (exact) mass is 245 g/mol. The lowest BCUT2D eigenvalue weighted by Gasteiger charge is -2.16. The van der Waals surface area contributed by atoms with Crippen molar-refractivity contribution >= 4 is 10.8 Å². The molecule has 0 bridgehead atoms. The van der Waals surface area contributed by atoms with E-state index in [1.807, 2.05) is 31.2 Å². The Labute approximate surface area is 107 Å². The first-order valence-corrected chi connectivity index (χ1v) is 6.25. The maximum Gasteiger partial charge on any atom is 0.131 e. The van der Waals surface area contributed by atoms with Crippen LogP contribution in [0.2, 0.25) is 0 Å². The number of nitrogens with two attached hydrogens (primary N) is 1. The molecule has 0 saturated heterocycles. The third-order valence-electron chi connectivity index (χ3n) is 2.95. The van der Waals surface area contributed by atoms with E-state index in [1.165, 1.54) is 0 Å². The fourth-order valence-corrected chi connectivity index (χ4v) is 2.02. The van der Waals surface area contributed by atoms with Crippen LogP contribution in [0.3, 0.4) is 0 Å². The smallest absolute Gasteiger partial charge is 0.131 e. The molecular formula is C15H19NO2. The van der Waals surface area contributed by atoms with Crippen LogP contribution in [0.1, 0.15) is 24.9 Å². The van der Waals surface area contributed by atoms with Crippen LogP contribution in [-0.2, 0) is 0 Å². The molecule has 0 aliphatic heterocycles. The highest BCUT2D eigenvalue weighted by Gasteiger charge is 2.11. The summed E-state index contributed by atoms with van der Waals surface area (Å²) in [7, 11) is 0. The average Bonchev–Trinajstić information content (AvgIpc) is 2.38. The van der Waals surface area contributed by atoms with E-state index in [1.54, 1.807) is 0 Å². The Kier molecular flexibility index (Phi) is 4.18. The van der Waals surface area contributed by atoms with E-state index in [-0.39, 0.29) is 12.6 Å². The van der Waals surface area contributed by atoms with Gasteiger partial charge in [-0.15, -0.1) is 0 Å². The van der Waals surface area contributed by atoms with Gasteiger partial charge in [-0.05, 0) is 12.3 Å². The first kappa shape index (κ1) is 12.9. The van der Waals surface area contributed by atoms with Gasteiger partial charge in [0, 0.05) is 30.0 Å². The molecule has 2 rings (SSSR count). The molecule has 2 aromatic carbocycles. The highest BCUT2D eigenvalue weighted by atomic mass is 16.5. The SMILES string of the molecule is C[C@H](N)c1ccc2ccccc2c1OCCCO. The summed E-state index contributed by atoms with van der Waals surface area (Å²) in [4.78, 5) is 0. The van der Waals surface area contributed by atoms with Gasteiger partial charge < -0.3 is 15.6 Å². The molecule has 3 N–H and O–H groups in total. The molecule has 0 saturated carbocycles. The number of hydrogen-bond donors (Lipinski definition) is 2. The first-order chi connectivity index (χ1) is 8.74. The molecule has 18 heavy (non-hydrogen) atoms. The van der Waals surface area contributed by atoms with E-state index >= 15 is 0 Å². The molecule has 1 atom stereocenters. The summed E-state index contributed by atoms with van der Waals surface area (Å²) in [5.74, 6) is 0.844. The molecule has 3 nitrogen and oxygen atoms in total. The Morgan fingerprint density at radius 2 is 2.00 bits per heavy atom. The molecule has 0 unspecified atom stereocenters. The Bertz CT molecular complexity index is 523. The average molecular weight is 245 g/mol. The summed E-state index contributed by atoms with van der Waals surface area (Å²) < 4.78 is 5.81. The van der Waals surface area contributed by atoms with E-state index in [0.717, 1.165) is 22.1 Å². The van der Waals surface area contributed by atoms with E-state index in [9.17, 15) is 0 Å².